The van der Waals surface area contributed by atoms with Crippen LogP contribution in [0.2, 0.25) is 0 Å². The molecule has 0 bridgehead atoms. The molecule has 1 aliphatic heterocycles. The number of carbonyl (C=O) groups excluding carboxylic acids is 2. The Morgan fingerprint density at radius 3 is 2.68 bits per heavy atom. The molecule has 0 unspecified atom stereocenters. The first-order chi connectivity index (χ1) is 12.0. The molecule has 2 amide bonds. The van der Waals surface area contributed by atoms with Crippen LogP contribution in [0.15, 0.2) is 42.5 Å². The smallest absolute Gasteiger partial charge is 0.243 e. The van der Waals surface area contributed by atoms with Gasteiger partial charge >= 0.3 is 0 Å². The van der Waals surface area contributed by atoms with Gasteiger partial charge in [0.05, 0.1) is 23.6 Å². The minimum atomic E-state index is -0.710. The highest BCUT2D eigenvalue weighted by Crippen LogP contribution is 2.29. The molecule has 0 atom stereocenters. The zero-order chi connectivity index (χ0) is 17.8. The van der Waals surface area contributed by atoms with Crippen molar-refractivity contribution in [2.24, 2.45) is 0 Å². The Kier molecular flexibility index (Phi) is 4.92. The third-order valence-corrected chi connectivity index (χ3v) is 3.91. The van der Waals surface area contributed by atoms with Crippen molar-refractivity contribution in [1.82, 2.24) is 0 Å². The van der Waals surface area contributed by atoms with Crippen molar-refractivity contribution >= 4 is 28.9 Å². The molecule has 1 aliphatic rings. The molecule has 2 aromatic rings. The SMILES string of the molecule is O=C(CNc1ccccc1N1CCCC1=O)Nc1cc(F)ccc1F. The number of hydrogen-bond donors (Lipinski definition) is 2. The van der Waals surface area contributed by atoms with E-state index in [4.69, 9.17) is 0 Å². The molecule has 0 radical (unpaired) electrons. The van der Waals surface area contributed by atoms with Crippen molar-refractivity contribution in [3.8, 4) is 0 Å². The first kappa shape index (κ1) is 16.9. The Labute approximate surface area is 143 Å². The molecular formula is C18H17F2N3O2. The number of nitrogens with one attached hydrogen (secondary N) is 2. The van der Waals surface area contributed by atoms with E-state index in [0.717, 1.165) is 24.6 Å². The molecule has 0 saturated carbocycles. The standard InChI is InChI=1S/C18H17F2N3O2/c19-12-7-8-13(20)15(10-12)22-17(24)11-21-14-4-1-2-5-16(14)23-9-3-6-18(23)25/h1-2,4-5,7-8,10,21H,3,6,9,11H2,(H,22,24). The molecule has 0 aliphatic carbocycles. The predicted molar refractivity (Wildman–Crippen MR) is 91.5 cm³/mol. The van der Waals surface area contributed by atoms with Gasteiger partial charge in [0.25, 0.3) is 0 Å². The maximum Gasteiger partial charge on any atom is 0.243 e. The number of halogens is 2. The van der Waals surface area contributed by atoms with Crippen LogP contribution in [0.4, 0.5) is 25.8 Å². The number of amides is 2. The van der Waals surface area contributed by atoms with Gasteiger partial charge in [-0.15, -0.1) is 0 Å². The van der Waals surface area contributed by atoms with E-state index in [9.17, 15) is 18.4 Å². The van der Waals surface area contributed by atoms with E-state index in [2.05, 4.69) is 10.6 Å². The number of para-hydroxylation sites is 2. The molecule has 2 aromatic carbocycles. The highest BCUT2D eigenvalue weighted by atomic mass is 19.1. The van der Waals surface area contributed by atoms with Crippen LogP contribution in [0.3, 0.4) is 0 Å². The van der Waals surface area contributed by atoms with Gasteiger partial charge in [0, 0.05) is 19.0 Å². The van der Waals surface area contributed by atoms with Crippen LogP contribution >= 0.6 is 0 Å². The average molecular weight is 345 g/mol. The number of benzene rings is 2. The van der Waals surface area contributed by atoms with Gasteiger partial charge in [0.2, 0.25) is 11.8 Å². The minimum Gasteiger partial charge on any atom is -0.374 e. The fraction of sp³-hybridized carbons (Fsp3) is 0.222. The second-order valence-corrected chi connectivity index (χ2v) is 5.69. The first-order valence-corrected chi connectivity index (χ1v) is 7.93. The summed E-state index contributed by atoms with van der Waals surface area (Å²) in [7, 11) is 0. The summed E-state index contributed by atoms with van der Waals surface area (Å²) >= 11 is 0. The van der Waals surface area contributed by atoms with Crippen molar-refractivity contribution in [2.45, 2.75) is 12.8 Å². The Bertz CT molecular complexity index is 811. The lowest BCUT2D eigenvalue weighted by Crippen LogP contribution is -2.27. The number of rotatable bonds is 5. The van der Waals surface area contributed by atoms with E-state index >= 15 is 0 Å². The van der Waals surface area contributed by atoms with Gasteiger partial charge in [0.1, 0.15) is 11.6 Å². The normalized spacial score (nSPS) is 13.8. The summed E-state index contributed by atoms with van der Waals surface area (Å²) in [6.45, 7) is 0.493. The summed E-state index contributed by atoms with van der Waals surface area (Å²) in [6.07, 6.45) is 1.31. The quantitative estimate of drug-likeness (QED) is 0.875. The molecule has 2 N–H and O–H groups in total. The van der Waals surface area contributed by atoms with Gasteiger partial charge in [0.15, 0.2) is 0 Å². The summed E-state index contributed by atoms with van der Waals surface area (Å²) in [5.74, 6) is -1.83. The Morgan fingerprint density at radius 2 is 1.92 bits per heavy atom. The fourth-order valence-electron chi connectivity index (χ4n) is 2.72. The molecule has 7 heteroatoms. The van der Waals surface area contributed by atoms with E-state index in [-0.39, 0.29) is 18.1 Å². The number of hydrogen-bond acceptors (Lipinski definition) is 3. The lowest BCUT2D eigenvalue weighted by Gasteiger charge is -2.20. The summed E-state index contributed by atoms with van der Waals surface area (Å²) < 4.78 is 26.7. The largest absolute Gasteiger partial charge is 0.374 e. The van der Waals surface area contributed by atoms with Crippen LogP contribution in [0.1, 0.15) is 12.8 Å². The predicted octanol–water partition coefficient (Wildman–Crippen LogP) is 3.14. The highest BCUT2D eigenvalue weighted by Gasteiger charge is 2.23. The number of anilines is 3. The summed E-state index contributed by atoms with van der Waals surface area (Å²) in [5, 5.41) is 5.26. The molecule has 1 fully saturated rings. The van der Waals surface area contributed by atoms with E-state index < -0.39 is 17.5 Å². The van der Waals surface area contributed by atoms with Gasteiger partial charge in [-0.05, 0) is 30.7 Å². The van der Waals surface area contributed by atoms with Crippen molar-refractivity contribution < 1.29 is 18.4 Å². The van der Waals surface area contributed by atoms with Gasteiger partial charge in [-0.3, -0.25) is 9.59 Å². The molecule has 0 aromatic heterocycles. The van der Waals surface area contributed by atoms with Crippen LogP contribution in [0, 0.1) is 11.6 Å². The van der Waals surface area contributed by atoms with Gasteiger partial charge < -0.3 is 15.5 Å². The topological polar surface area (TPSA) is 61.4 Å². The molecule has 130 valence electrons. The monoisotopic (exact) mass is 345 g/mol. The lowest BCUT2D eigenvalue weighted by atomic mass is 10.2. The Hall–Kier alpha value is -2.96. The highest BCUT2D eigenvalue weighted by molar-refractivity contribution is 5.99. The van der Waals surface area contributed by atoms with Crippen LogP contribution in [0.5, 0.6) is 0 Å². The van der Waals surface area contributed by atoms with Crippen LogP contribution < -0.4 is 15.5 Å². The molecule has 1 saturated heterocycles. The van der Waals surface area contributed by atoms with Crippen molar-refractivity contribution in [1.29, 1.82) is 0 Å². The van der Waals surface area contributed by atoms with Crippen LogP contribution in [-0.4, -0.2) is 24.9 Å². The third kappa shape index (κ3) is 3.93. The van der Waals surface area contributed by atoms with Gasteiger partial charge in [-0.25, -0.2) is 8.78 Å². The molecule has 5 nitrogen and oxygen atoms in total. The maximum absolute atomic E-state index is 13.6. The second kappa shape index (κ2) is 7.29. The summed E-state index contributed by atoms with van der Waals surface area (Å²) in [6, 6.07) is 10.0. The van der Waals surface area contributed by atoms with E-state index in [1.165, 1.54) is 0 Å². The number of nitrogens with zero attached hydrogens (tertiary/aromatic N) is 1. The maximum atomic E-state index is 13.6. The molecule has 25 heavy (non-hydrogen) atoms. The Morgan fingerprint density at radius 1 is 1.12 bits per heavy atom. The van der Waals surface area contributed by atoms with Crippen molar-refractivity contribution in [3.63, 3.8) is 0 Å². The van der Waals surface area contributed by atoms with E-state index in [0.29, 0.717) is 24.3 Å². The third-order valence-electron chi connectivity index (χ3n) is 3.91. The van der Waals surface area contributed by atoms with Gasteiger partial charge in [-0.2, -0.15) is 0 Å². The van der Waals surface area contributed by atoms with Gasteiger partial charge in [-0.1, -0.05) is 12.1 Å². The minimum absolute atomic E-state index is 0.0422. The molecule has 0 spiro atoms. The second-order valence-electron chi connectivity index (χ2n) is 5.69. The molecule has 3 rings (SSSR count). The van der Waals surface area contributed by atoms with Crippen LogP contribution in [0.25, 0.3) is 0 Å². The average Bonchev–Trinajstić information content (AvgIpc) is 3.02. The molecular weight excluding hydrogens is 328 g/mol. The van der Waals surface area contributed by atoms with Crippen molar-refractivity contribution in [2.75, 3.05) is 28.6 Å². The van der Waals surface area contributed by atoms with E-state index in [1.54, 1.807) is 23.1 Å². The Balaban J connectivity index is 1.66. The summed E-state index contributed by atoms with van der Waals surface area (Å²) in [4.78, 5) is 25.6. The van der Waals surface area contributed by atoms with Crippen molar-refractivity contribution in [3.05, 3.63) is 54.1 Å². The van der Waals surface area contributed by atoms with Crippen LogP contribution in [-0.2, 0) is 9.59 Å². The zero-order valence-corrected chi connectivity index (χ0v) is 13.4. The zero-order valence-electron chi connectivity index (χ0n) is 13.4. The summed E-state index contributed by atoms with van der Waals surface area (Å²) in [5.41, 5.74) is 1.12. The van der Waals surface area contributed by atoms with E-state index in [1.807, 2.05) is 6.07 Å². The lowest BCUT2D eigenvalue weighted by molar-refractivity contribution is -0.117. The number of carbonyl (C=O) groups is 2. The first-order valence-electron chi connectivity index (χ1n) is 7.93. The molecule has 1 heterocycles. The fourth-order valence-corrected chi connectivity index (χ4v) is 2.72.